The summed E-state index contributed by atoms with van der Waals surface area (Å²) in [5.74, 6) is -1.93. The van der Waals surface area contributed by atoms with Crippen LogP contribution in [0.3, 0.4) is 0 Å². The van der Waals surface area contributed by atoms with Crippen LogP contribution in [0.5, 0.6) is 5.75 Å². The highest BCUT2D eigenvalue weighted by Crippen LogP contribution is 2.35. The van der Waals surface area contributed by atoms with E-state index >= 15 is 0 Å². The van der Waals surface area contributed by atoms with Crippen molar-refractivity contribution in [2.45, 2.75) is 19.8 Å². The molecular weight excluding hydrogens is 431 g/mol. The summed E-state index contributed by atoms with van der Waals surface area (Å²) in [5.41, 5.74) is 1.89. The topological polar surface area (TPSA) is 109 Å². The summed E-state index contributed by atoms with van der Waals surface area (Å²) in [6.45, 7) is 1.69. The Labute approximate surface area is 181 Å². The van der Waals surface area contributed by atoms with E-state index in [0.29, 0.717) is 32.7 Å². The second-order valence-corrected chi connectivity index (χ2v) is 7.55. The molecular formula is C21H18Cl2N2O5. The van der Waals surface area contributed by atoms with E-state index in [0.717, 1.165) is 0 Å². The lowest BCUT2D eigenvalue weighted by atomic mass is 10.1. The van der Waals surface area contributed by atoms with Gasteiger partial charge in [0.05, 0.1) is 23.4 Å². The van der Waals surface area contributed by atoms with E-state index in [1.54, 1.807) is 31.2 Å². The molecule has 3 rings (SSSR count). The van der Waals surface area contributed by atoms with Crippen LogP contribution in [0.4, 0.5) is 0 Å². The second kappa shape index (κ2) is 8.77. The average molecular weight is 449 g/mol. The Morgan fingerprint density at radius 1 is 1.10 bits per heavy atom. The molecule has 0 spiro atoms. The quantitative estimate of drug-likeness (QED) is 0.531. The van der Waals surface area contributed by atoms with Crippen molar-refractivity contribution in [1.29, 1.82) is 0 Å². The van der Waals surface area contributed by atoms with Crippen LogP contribution >= 0.6 is 23.2 Å². The number of phenolic OH excluding ortho intramolecular Hbond substituents is 1. The van der Waals surface area contributed by atoms with Gasteiger partial charge in [-0.3, -0.25) is 19.0 Å². The van der Waals surface area contributed by atoms with E-state index in [4.69, 9.17) is 28.3 Å². The number of aliphatic carboxylic acids is 1. The van der Waals surface area contributed by atoms with Gasteiger partial charge in [0.15, 0.2) is 0 Å². The van der Waals surface area contributed by atoms with Crippen molar-refractivity contribution in [3.05, 3.63) is 63.3 Å². The zero-order valence-corrected chi connectivity index (χ0v) is 17.4. The van der Waals surface area contributed by atoms with Crippen LogP contribution in [0, 0.1) is 6.92 Å². The van der Waals surface area contributed by atoms with Crippen molar-refractivity contribution >= 4 is 51.9 Å². The average Bonchev–Trinajstić information content (AvgIpc) is 2.93. The number of hydrogen-bond donors (Lipinski definition) is 3. The number of carboxylic acid groups (broad SMARTS) is 1. The number of amides is 1. The lowest BCUT2D eigenvalue weighted by molar-refractivity contribution is -0.136. The van der Waals surface area contributed by atoms with Crippen LogP contribution < -0.4 is 5.32 Å². The number of phenols is 1. The minimum absolute atomic E-state index is 0.00730. The lowest BCUT2D eigenvalue weighted by Crippen LogP contribution is -2.27. The number of nitrogens with one attached hydrogen (secondary N) is 1. The molecule has 0 aliphatic rings. The highest BCUT2D eigenvalue weighted by Gasteiger charge is 2.23. The fraction of sp³-hybridized carbons (Fsp3) is 0.190. The number of aromatic hydroxyl groups is 1. The molecule has 0 bridgehead atoms. The molecule has 156 valence electrons. The largest absolute Gasteiger partial charge is 0.506 e. The molecule has 0 unspecified atom stereocenters. The van der Waals surface area contributed by atoms with Gasteiger partial charge in [0.2, 0.25) is 5.91 Å². The molecule has 0 radical (unpaired) electrons. The molecule has 0 aliphatic heterocycles. The molecule has 1 amide bonds. The van der Waals surface area contributed by atoms with E-state index in [1.807, 2.05) is 0 Å². The number of hydrogen-bond acceptors (Lipinski definition) is 4. The maximum absolute atomic E-state index is 13.2. The van der Waals surface area contributed by atoms with Crippen LogP contribution in [-0.2, 0) is 16.0 Å². The van der Waals surface area contributed by atoms with Crippen molar-refractivity contribution < 1.29 is 24.6 Å². The highest BCUT2D eigenvalue weighted by atomic mass is 35.5. The fourth-order valence-electron chi connectivity index (χ4n) is 3.23. The van der Waals surface area contributed by atoms with Gasteiger partial charge < -0.3 is 15.5 Å². The van der Waals surface area contributed by atoms with Crippen molar-refractivity contribution in [1.82, 2.24) is 9.88 Å². The first-order chi connectivity index (χ1) is 14.2. The molecule has 0 fully saturated rings. The summed E-state index contributed by atoms with van der Waals surface area (Å²) in [7, 11) is 0. The summed E-state index contributed by atoms with van der Waals surface area (Å²) >= 11 is 12.0. The fourth-order valence-corrected chi connectivity index (χ4v) is 3.51. The Morgan fingerprint density at radius 2 is 1.77 bits per heavy atom. The van der Waals surface area contributed by atoms with Crippen LogP contribution in [0.2, 0.25) is 10.0 Å². The third-order valence-corrected chi connectivity index (χ3v) is 5.25. The first-order valence-corrected chi connectivity index (χ1v) is 9.75. The second-order valence-electron chi connectivity index (χ2n) is 6.70. The molecule has 2 aromatic carbocycles. The van der Waals surface area contributed by atoms with Gasteiger partial charge in [-0.1, -0.05) is 23.2 Å². The molecule has 0 saturated carbocycles. The number of carbonyl (C=O) groups excluding carboxylic acids is 2. The first-order valence-electron chi connectivity index (χ1n) is 9.00. The minimum Gasteiger partial charge on any atom is -0.506 e. The normalized spacial score (nSPS) is 10.9. The predicted octanol–water partition coefficient (Wildman–Crippen LogP) is 3.78. The maximum Gasteiger partial charge on any atom is 0.305 e. The van der Waals surface area contributed by atoms with E-state index in [2.05, 4.69) is 5.32 Å². The third kappa shape index (κ3) is 4.42. The van der Waals surface area contributed by atoms with Crippen molar-refractivity contribution in [3.63, 3.8) is 0 Å². The Morgan fingerprint density at radius 3 is 2.40 bits per heavy atom. The molecule has 30 heavy (non-hydrogen) atoms. The lowest BCUT2D eigenvalue weighted by Gasteiger charge is -2.08. The Kier molecular flexibility index (Phi) is 6.34. The van der Waals surface area contributed by atoms with Crippen molar-refractivity contribution in [2.75, 3.05) is 6.54 Å². The molecule has 9 heteroatoms. The van der Waals surface area contributed by atoms with E-state index in [-0.39, 0.29) is 36.1 Å². The minimum atomic E-state index is -1.02. The molecule has 3 N–H and O–H groups in total. The smallest absolute Gasteiger partial charge is 0.305 e. The Balaban J connectivity index is 2.05. The Bertz CT molecular complexity index is 1150. The van der Waals surface area contributed by atoms with Gasteiger partial charge in [-0.15, -0.1) is 0 Å². The van der Waals surface area contributed by atoms with Gasteiger partial charge in [-0.05, 0) is 48.9 Å². The summed E-state index contributed by atoms with van der Waals surface area (Å²) in [6, 6.07) is 9.28. The van der Waals surface area contributed by atoms with E-state index in [9.17, 15) is 19.5 Å². The van der Waals surface area contributed by atoms with Crippen LogP contribution in [0.1, 0.15) is 28.0 Å². The third-order valence-electron chi connectivity index (χ3n) is 4.70. The maximum atomic E-state index is 13.2. The van der Waals surface area contributed by atoms with Crippen LogP contribution in [0.25, 0.3) is 10.9 Å². The number of carboxylic acids is 1. The molecule has 0 saturated heterocycles. The summed E-state index contributed by atoms with van der Waals surface area (Å²) in [4.78, 5) is 36.1. The monoisotopic (exact) mass is 448 g/mol. The van der Waals surface area contributed by atoms with Gasteiger partial charge in [0, 0.05) is 28.2 Å². The van der Waals surface area contributed by atoms with Gasteiger partial charge in [0.1, 0.15) is 5.75 Å². The zero-order valence-electron chi connectivity index (χ0n) is 15.9. The summed E-state index contributed by atoms with van der Waals surface area (Å²) < 4.78 is 1.43. The zero-order chi connectivity index (χ0) is 22.0. The van der Waals surface area contributed by atoms with Crippen LogP contribution in [0.15, 0.2) is 36.4 Å². The van der Waals surface area contributed by atoms with Gasteiger partial charge >= 0.3 is 5.97 Å². The SMILES string of the molecule is Cc1c(CC(=O)NCCC(=O)O)c2cc(O)c(Cl)cc2n1C(=O)c1ccc(Cl)cc1. The standard InChI is InChI=1S/C21H18Cl2N2O5/c1-11-14(9-19(27)24-7-6-20(28)29)15-8-18(26)16(23)10-17(15)25(11)21(30)12-2-4-13(22)5-3-12/h2-5,8,10,26H,6-7,9H2,1H3,(H,24,27)(H,28,29). The van der Waals surface area contributed by atoms with Gasteiger partial charge in [0.25, 0.3) is 5.91 Å². The summed E-state index contributed by atoms with van der Waals surface area (Å²) in [5, 5.41) is 22.4. The number of aromatic nitrogens is 1. The number of nitrogens with zero attached hydrogens (tertiary/aromatic N) is 1. The molecule has 0 aliphatic carbocycles. The molecule has 3 aromatic rings. The number of benzene rings is 2. The first kappa shape index (κ1) is 21.7. The van der Waals surface area contributed by atoms with Gasteiger partial charge in [-0.25, -0.2) is 0 Å². The van der Waals surface area contributed by atoms with Crippen molar-refractivity contribution in [3.8, 4) is 5.75 Å². The number of carbonyl (C=O) groups is 3. The molecule has 1 aromatic heterocycles. The summed E-state index contributed by atoms with van der Waals surface area (Å²) in [6.07, 6.45) is -0.290. The number of halogens is 2. The van der Waals surface area contributed by atoms with E-state index < -0.39 is 11.9 Å². The number of rotatable bonds is 6. The van der Waals surface area contributed by atoms with Crippen LogP contribution in [-0.4, -0.2) is 39.1 Å². The molecule has 7 nitrogen and oxygen atoms in total. The Hall–Kier alpha value is -3.03. The van der Waals surface area contributed by atoms with Gasteiger partial charge in [-0.2, -0.15) is 0 Å². The predicted molar refractivity (Wildman–Crippen MR) is 113 cm³/mol. The molecule has 1 heterocycles. The molecule has 0 atom stereocenters. The highest BCUT2D eigenvalue weighted by molar-refractivity contribution is 6.33. The van der Waals surface area contributed by atoms with E-state index in [1.165, 1.54) is 16.7 Å². The number of fused-ring (bicyclic) bond motifs is 1. The van der Waals surface area contributed by atoms with Crippen molar-refractivity contribution in [2.24, 2.45) is 0 Å².